The van der Waals surface area contributed by atoms with Crippen LogP contribution in [0, 0.1) is 0 Å². The number of ketones is 1. The van der Waals surface area contributed by atoms with Crippen LogP contribution < -0.4 is 18.9 Å². The first-order valence-electron chi connectivity index (χ1n) is 11.6. The lowest BCUT2D eigenvalue weighted by atomic mass is 10.1. The van der Waals surface area contributed by atoms with E-state index in [4.69, 9.17) is 28.4 Å². The summed E-state index contributed by atoms with van der Waals surface area (Å²) in [6.07, 6.45) is 3.30. The monoisotopic (exact) mass is 458 g/mol. The van der Waals surface area contributed by atoms with Crippen LogP contribution in [0.15, 0.2) is 36.4 Å². The smallest absolute Gasteiger partial charge is 0.162 e. The number of unbranched alkanes of at least 4 members (excludes halogenated alkanes) is 1. The zero-order valence-electron chi connectivity index (χ0n) is 19.6. The molecule has 180 valence electrons. The van der Waals surface area contributed by atoms with Crippen molar-refractivity contribution >= 4 is 5.78 Å². The average Bonchev–Trinajstić information content (AvgIpc) is 2.82. The topological polar surface area (TPSA) is 72.5 Å². The number of rotatable bonds is 4. The molecule has 3 rings (SSSR count). The third kappa shape index (κ3) is 8.26. The molecule has 0 atom stereocenters. The van der Waals surface area contributed by atoms with E-state index in [1.54, 1.807) is 18.2 Å². The first kappa shape index (κ1) is 24.9. The summed E-state index contributed by atoms with van der Waals surface area (Å²) in [6, 6.07) is 11.3. The van der Waals surface area contributed by atoms with E-state index in [0.29, 0.717) is 75.7 Å². The van der Waals surface area contributed by atoms with Crippen molar-refractivity contribution in [2.75, 3.05) is 52.9 Å². The van der Waals surface area contributed by atoms with E-state index in [-0.39, 0.29) is 5.78 Å². The van der Waals surface area contributed by atoms with E-state index in [1.165, 1.54) is 12.5 Å². The van der Waals surface area contributed by atoms with Gasteiger partial charge in [0.15, 0.2) is 28.8 Å². The molecule has 1 heterocycles. The van der Waals surface area contributed by atoms with Crippen molar-refractivity contribution in [2.24, 2.45) is 0 Å². The molecule has 1 aliphatic rings. The van der Waals surface area contributed by atoms with E-state index < -0.39 is 0 Å². The summed E-state index contributed by atoms with van der Waals surface area (Å²) in [5.41, 5.74) is 1.80. The van der Waals surface area contributed by atoms with Crippen LogP contribution >= 0.6 is 0 Å². The molecule has 0 spiro atoms. The third-order valence-corrected chi connectivity index (χ3v) is 5.12. The van der Waals surface area contributed by atoms with E-state index in [0.717, 1.165) is 25.0 Å². The molecule has 2 aromatic rings. The summed E-state index contributed by atoms with van der Waals surface area (Å²) < 4.78 is 34.8. The summed E-state index contributed by atoms with van der Waals surface area (Å²) in [7, 11) is 0. The van der Waals surface area contributed by atoms with Crippen LogP contribution in [-0.2, 0) is 15.9 Å². The molecule has 0 aliphatic carbocycles. The molecule has 0 amide bonds. The van der Waals surface area contributed by atoms with Gasteiger partial charge in [-0.2, -0.15) is 0 Å². The van der Waals surface area contributed by atoms with Gasteiger partial charge in [-0.25, -0.2) is 0 Å². The van der Waals surface area contributed by atoms with Crippen LogP contribution in [0.2, 0.25) is 0 Å². The van der Waals surface area contributed by atoms with Crippen LogP contribution in [0.5, 0.6) is 23.0 Å². The lowest BCUT2D eigenvalue weighted by Crippen LogP contribution is -2.15. The van der Waals surface area contributed by atoms with Gasteiger partial charge in [-0.15, -0.1) is 0 Å². The minimum absolute atomic E-state index is 0.0321. The molecule has 0 bridgehead atoms. The van der Waals surface area contributed by atoms with E-state index in [2.05, 4.69) is 13.0 Å². The highest BCUT2D eigenvalue weighted by Crippen LogP contribution is 2.30. The van der Waals surface area contributed by atoms with Crippen molar-refractivity contribution in [3.05, 3.63) is 47.5 Å². The molecule has 33 heavy (non-hydrogen) atoms. The predicted octanol–water partition coefficient (Wildman–Crippen LogP) is 4.49. The second-order valence-electron chi connectivity index (χ2n) is 7.72. The maximum absolute atomic E-state index is 11.7. The Kier molecular flexibility index (Phi) is 10.3. The maximum Gasteiger partial charge on any atom is 0.162 e. The number of hydrogen-bond donors (Lipinski definition) is 0. The van der Waals surface area contributed by atoms with Crippen molar-refractivity contribution in [1.82, 2.24) is 0 Å². The van der Waals surface area contributed by atoms with Crippen molar-refractivity contribution in [3.63, 3.8) is 0 Å². The Morgan fingerprint density at radius 2 is 1.21 bits per heavy atom. The van der Waals surface area contributed by atoms with E-state index in [9.17, 15) is 4.79 Å². The summed E-state index contributed by atoms with van der Waals surface area (Å²) in [5.74, 6) is 2.47. The van der Waals surface area contributed by atoms with Crippen LogP contribution in [-0.4, -0.2) is 58.6 Å². The number of aryl methyl sites for hydroxylation is 1. The highest BCUT2D eigenvalue weighted by molar-refractivity contribution is 5.94. The summed E-state index contributed by atoms with van der Waals surface area (Å²) in [5, 5.41) is 0. The molecular formula is C26H34O7. The molecule has 7 heteroatoms. The normalized spacial score (nSPS) is 15.8. The molecule has 0 N–H and O–H groups in total. The Hall–Kier alpha value is -2.77. The first-order valence-corrected chi connectivity index (χ1v) is 11.6. The second-order valence-corrected chi connectivity index (χ2v) is 7.72. The Labute approximate surface area is 195 Å². The number of Topliss-reactive ketones (excluding diaryl/α,β-unsaturated/α-hetero) is 1. The molecule has 0 fully saturated rings. The zero-order chi connectivity index (χ0) is 23.3. The fraction of sp³-hybridized carbons (Fsp3) is 0.500. The quantitative estimate of drug-likeness (QED) is 0.625. The molecule has 1 aliphatic heterocycles. The highest BCUT2D eigenvalue weighted by atomic mass is 16.6. The molecule has 0 aromatic heterocycles. The van der Waals surface area contributed by atoms with Gasteiger partial charge in [0.05, 0.1) is 26.4 Å². The minimum atomic E-state index is -0.0321. The lowest BCUT2D eigenvalue weighted by Gasteiger charge is -2.16. The molecule has 0 saturated heterocycles. The minimum Gasteiger partial charge on any atom is -0.487 e. The van der Waals surface area contributed by atoms with E-state index in [1.807, 2.05) is 12.1 Å². The molecular weight excluding hydrogens is 424 g/mol. The zero-order valence-corrected chi connectivity index (χ0v) is 19.6. The average molecular weight is 459 g/mol. The van der Waals surface area contributed by atoms with Gasteiger partial charge in [-0.05, 0) is 55.7 Å². The Morgan fingerprint density at radius 3 is 1.76 bits per heavy atom. The number of carbonyl (C=O) groups is 1. The molecule has 0 saturated carbocycles. The highest BCUT2D eigenvalue weighted by Gasteiger charge is 2.11. The van der Waals surface area contributed by atoms with Gasteiger partial charge in [0, 0.05) is 5.56 Å². The lowest BCUT2D eigenvalue weighted by molar-refractivity contribution is 0.0639. The maximum atomic E-state index is 11.7. The number of fused-ring (bicyclic) bond motifs is 2. The fourth-order valence-electron chi connectivity index (χ4n) is 3.33. The number of hydrogen-bond acceptors (Lipinski definition) is 7. The Balaban J connectivity index is 1.61. The van der Waals surface area contributed by atoms with Crippen molar-refractivity contribution < 1.29 is 33.2 Å². The van der Waals surface area contributed by atoms with Gasteiger partial charge in [-0.1, -0.05) is 19.4 Å². The standard InChI is InChI=1S/C26H34O7/c1-3-4-5-21-6-8-23-25(18-21)32-16-12-28-11-15-31-24-9-7-22(20(2)27)19-26(24)33-17-13-29-10-14-30-23/h6-9,18-19H,3-5,10-17H2,1-2H3. The molecule has 2 aromatic carbocycles. The van der Waals surface area contributed by atoms with Gasteiger partial charge in [0.2, 0.25) is 0 Å². The first-order chi connectivity index (χ1) is 16.2. The van der Waals surface area contributed by atoms with Gasteiger partial charge in [-0.3, -0.25) is 4.79 Å². The van der Waals surface area contributed by atoms with Crippen molar-refractivity contribution in [1.29, 1.82) is 0 Å². The van der Waals surface area contributed by atoms with Crippen LogP contribution in [0.3, 0.4) is 0 Å². The second kappa shape index (κ2) is 13.7. The Bertz CT molecular complexity index is 881. The Morgan fingerprint density at radius 1 is 0.697 bits per heavy atom. The fourth-order valence-corrected chi connectivity index (χ4v) is 3.33. The van der Waals surface area contributed by atoms with Crippen LogP contribution in [0.1, 0.15) is 42.6 Å². The van der Waals surface area contributed by atoms with Crippen molar-refractivity contribution in [3.8, 4) is 23.0 Å². The molecule has 7 nitrogen and oxygen atoms in total. The summed E-state index contributed by atoms with van der Waals surface area (Å²) in [6.45, 7) is 6.83. The largest absolute Gasteiger partial charge is 0.487 e. The van der Waals surface area contributed by atoms with Crippen molar-refractivity contribution in [2.45, 2.75) is 33.1 Å². The van der Waals surface area contributed by atoms with Gasteiger partial charge in [0.25, 0.3) is 0 Å². The molecule has 0 unspecified atom stereocenters. The van der Waals surface area contributed by atoms with E-state index >= 15 is 0 Å². The van der Waals surface area contributed by atoms with Gasteiger partial charge in [0.1, 0.15) is 26.4 Å². The molecule has 0 radical (unpaired) electrons. The van der Waals surface area contributed by atoms with Crippen LogP contribution in [0.25, 0.3) is 0 Å². The van der Waals surface area contributed by atoms with Gasteiger partial charge >= 0.3 is 0 Å². The van der Waals surface area contributed by atoms with Gasteiger partial charge < -0.3 is 28.4 Å². The number of benzene rings is 2. The summed E-state index contributed by atoms with van der Waals surface area (Å²) >= 11 is 0. The predicted molar refractivity (Wildman–Crippen MR) is 125 cm³/mol. The third-order valence-electron chi connectivity index (χ3n) is 5.12. The number of ether oxygens (including phenoxy) is 6. The number of carbonyl (C=O) groups excluding carboxylic acids is 1. The summed E-state index contributed by atoms with van der Waals surface area (Å²) in [4.78, 5) is 11.7. The SMILES string of the molecule is CCCCc1ccc2c(c1)OCCOCCOc1ccc(C(C)=O)cc1OCCOCCO2. The van der Waals surface area contributed by atoms with Crippen LogP contribution in [0.4, 0.5) is 0 Å².